The lowest BCUT2D eigenvalue weighted by atomic mass is 10.1. The highest BCUT2D eigenvalue weighted by atomic mass is 35.5. The molecule has 0 saturated carbocycles. The van der Waals surface area contributed by atoms with Gasteiger partial charge in [0.15, 0.2) is 0 Å². The number of hydrogen-bond acceptors (Lipinski definition) is 4. The van der Waals surface area contributed by atoms with Gasteiger partial charge in [0, 0.05) is 19.5 Å². The van der Waals surface area contributed by atoms with E-state index in [1.54, 1.807) is 25.7 Å². The Morgan fingerprint density at radius 1 is 1.42 bits per heavy atom. The lowest BCUT2D eigenvalue weighted by Crippen LogP contribution is -2.23. The summed E-state index contributed by atoms with van der Waals surface area (Å²) in [6.07, 6.45) is 5.20. The van der Waals surface area contributed by atoms with Crippen LogP contribution in [0.4, 0.5) is 0 Å². The van der Waals surface area contributed by atoms with Gasteiger partial charge in [-0.05, 0) is 24.7 Å². The summed E-state index contributed by atoms with van der Waals surface area (Å²) < 4.78 is 6.96. The van der Waals surface area contributed by atoms with Gasteiger partial charge in [0.1, 0.15) is 0 Å². The number of rotatable bonds is 6. The first-order valence-corrected chi connectivity index (χ1v) is 6.43. The second-order valence-electron chi connectivity index (χ2n) is 4.10. The fourth-order valence-electron chi connectivity index (χ4n) is 2.03. The third-order valence-electron chi connectivity index (χ3n) is 2.94. The van der Waals surface area contributed by atoms with Crippen molar-refractivity contribution in [2.24, 2.45) is 0 Å². The molecule has 2 heterocycles. The molecule has 0 aliphatic rings. The van der Waals surface area contributed by atoms with Crippen molar-refractivity contribution in [2.75, 3.05) is 20.8 Å². The molecule has 1 atom stereocenters. The van der Waals surface area contributed by atoms with Crippen LogP contribution in [0.3, 0.4) is 0 Å². The predicted octanol–water partition coefficient (Wildman–Crippen LogP) is 1.89. The van der Waals surface area contributed by atoms with E-state index in [1.807, 2.05) is 23.9 Å². The molecule has 0 aliphatic heterocycles. The number of methoxy groups -OCH3 is 1. The van der Waals surface area contributed by atoms with Crippen LogP contribution in [0.1, 0.15) is 17.3 Å². The van der Waals surface area contributed by atoms with Gasteiger partial charge in [-0.15, -0.1) is 0 Å². The first kappa shape index (κ1) is 14.0. The maximum absolute atomic E-state index is 6.27. The summed E-state index contributed by atoms with van der Waals surface area (Å²) in [7, 11) is 3.57. The Hall–Kier alpha value is -1.43. The summed E-state index contributed by atoms with van der Waals surface area (Å²) in [5.41, 5.74) is 2.03. The van der Waals surface area contributed by atoms with Gasteiger partial charge < -0.3 is 10.1 Å². The third kappa shape index (κ3) is 3.12. The first-order chi connectivity index (χ1) is 9.27. The Labute approximate surface area is 117 Å². The van der Waals surface area contributed by atoms with E-state index in [4.69, 9.17) is 16.3 Å². The van der Waals surface area contributed by atoms with Crippen LogP contribution in [0.5, 0.6) is 0 Å². The van der Waals surface area contributed by atoms with Crippen molar-refractivity contribution in [3.63, 3.8) is 0 Å². The molecule has 1 unspecified atom stereocenters. The molecule has 2 aromatic rings. The van der Waals surface area contributed by atoms with Crippen LogP contribution in [-0.4, -0.2) is 35.5 Å². The Kier molecular flexibility index (Phi) is 4.90. The minimum atomic E-state index is -0.0187. The van der Waals surface area contributed by atoms with Gasteiger partial charge in [0.05, 0.1) is 36.1 Å². The first-order valence-electron chi connectivity index (χ1n) is 6.05. The fourth-order valence-corrected chi connectivity index (χ4v) is 2.28. The number of nitrogens with one attached hydrogen (secondary N) is 1. The molecular formula is C13H17ClN4O. The normalized spacial score (nSPS) is 12.6. The highest BCUT2D eigenvalue weighted by Crippen LogP contribution is 2.27. The molecule has 6 heteroatoms. The van der Waals surface area contributed by atoms with Gasteiger partial charge in [-0.1, -0.05) is 11.6 Å². The molecule has 0 spiro atoms. The van der Waals surface area contributed by atoms with E-state index in [-0.39, 0.29) is 6.04 Å². The van der Waals surface area contributed by atoms with Gasteiger partial charge in [-0.25, -0.2) is 0 Å². The van der Waals surface area contributed by atoms with E-state index < -0.39 is 0 Å². The lowest BCUT2D eigenvalue weighted by Gasteiger charge is -2.19. The van der Waals surface area contributed by atoms with E-state index in [0.29, 0.717) is 18.2 Å². The Morgan fingerprint density at radius 2 is 2.16 bits per heavy atom. The lowest BCUT2D eigenvalue weighted by molar-refractivity contribution is 0.182. The number of nitrogens with zero attached hydrogens (tertiary/aromatic N) is 3. The number of pyridine rings is 1. The number of ether oxygens (including phenoxy) is 1. The van der Waals surface area contributed by atoms with E-state index in [2.05, 4.69) is 15.4 Å². The summed E-state index contributed by atoms with van der Waals surface area (Å²) in [5, 5.41) is 8.21. The van der Waals surface area contributed by atoms with Gasteiger partial charge in [-0.2, -0.15) is 5.10 Å². The molecule has 19 heavy (non-hydrogen) atoms. The van der Waals surface area contributed by atoms with E-state index in [9.17, 15) is 0 Å². The van der Waals surface area contributed by atoms with Gasteiger partial charge >= 0.3 is 0 Å². The minimum absolute atomic E-state index is 0.0187. The third-order valence-corrected chi connectivity index (χ3v) is 3.23. The van der Waals surface area contributed by atoms with Crippen molar-refractivity contribution in [3.8, 4) is 0 Å². The minimum Gasteiger partial charge on any atom is -0.383 e. The predicted molar refractivity (Wildman–Crippen MR) is 74.3 cm³/mol. The quantitative estimate of drug-likeness (QED) is 0.878. The van der Waals surface area contributed by atoms with Crippen LogP contribution in [0.2, 0.25) is 5.02 Å². The molecule has 0 amide bonds. The number of aromatic nitrogens is 3. The zero-order valence-electron chi connectivity index (χ0n) is 11.0. The van der Waals surface area contributed by atoms with Crippen molar-refractivity contribution in [3.05, 3.63) is 47.0 Å². The van der Waals surface area contributed by atoms with Crippen LogP contribution >= 0.6 is 11.6 Å². The van der Waals surface area contributed by atoms with Crippen LogP contribution < -0.4 is 5.32 Å². The molecule has 0 saturated heterocycles. The molecule has 5 nitrogen and oxygen atoms in total. The highest BCUT2D eigenvalue weighted by molar-refractivity contribution is 6.31. The largest absolute Gasteiger partial charge is 0.383 e. The van der Waals surface area contributed by atoms with E-state index in [0.717, 1.165) is 11.3 Å². The SMILES string of the molecule is CNC(c1ccncc1)c1c(Cl)cnn1CCOC. The molecule has 0 bridgehead atoms. The second-order valence-corrected chi connectivity index (χ2v) is 4.50. The molecule has 0 aromatic carbocycles. The van der Waals surface area contributed by atoms with Crippen molar-refractivity contribution in [1.29, 1.82) is 0 Å². The van der Waals surface area contributed by atoms with Crippen molar-refractivity contribution in [1.82, 2.24) is 20.1 Å². The standard InChI is InChI=1S/C13H17ClN4O/c1-15-12(10-3-5-16-6-4-10)13-11(14)9-17-18(13)7-8-19-2/h3-6,9,12,15H,7-8H2,1-2H3. The van der Waals surface area contributed by atoms with Gasteiger partial charge in [0.2, 0.25) is 0 Å². The zero-order chi connectivity index (χ0) is 13.7. The summed E-state index contributed by atoms with van der Waals surface area (Å²) in [4.78, 5) is 4.03. The molecule has 2 aromatic heterocycles. The molecule has 2 rings (SSSR count). The van der Waals surface area contributed by atoms with E-state index in [1.165, 1.54) is 0 Å². The fraction of sp³-hybridized carbons (Fsp3) is 0.385. The number of halogens is 1. The summed E-state index contributed by atoms with van der Waals surface area (Å²) in [6, 6.07) is 3.91. The zero-order valence-corrected chi connectivity index (χ0v) is 11.8. The Morgan fingerprint density at radius 3 is 2.79 bits per heavy atom. The Balaban J connectivity index is 2.35. The van der Waals surface area contributed by atoms with Crippen LogP contribution in [0, 0.1) is 0 Å². The molecule has 0 radical (unpaired) electrons. The van der Waals surface area contributed by atoms with Crippen LogP contribution in [-0.2, 0) is 11.3 Å². The average molecular weight is 281 g/mol. The molecule has 0 aliphatic carbocycles. The highest BCUT2D eigenvalue weighted by Gasteiger charge is 2.20. The molecule has 102 valence electrons. The second kappa shape index (κ2) is 6.65. The smallest absolute Gasteiger partial charge is 0.0837 e. The van der Waals surface area contributed by atoms with Crippen molar-refractivity contribution >= 4 is 11.6 Å². The topological polar surface area (TPSA) is 52.0 Å². The average Bonchev–Trinajstić information content (AvgIpc) is 2.80. The van der Waals surface area contributed by atoms with Gasteiger partial charge in [-0.3, -0.25) is 9.67 Å². The van der Waals surface area contributed by atoms with E-state index >= 15 is 0 Å². The monoisotopic (exact) mass is 280 g/mol. The number of hydrogen-bond donors (Lipinski definition) is 1. The summed E-state index contributed by atoms with van der Waals surface area (Å²) >= 11 is 6.27. The maximum Gasteiger partial charge on any atom is 0.0837 e. The molecular weight excluding hydrogens is 264 g/mol. The summed E-state index contributed by atoms with van der Waals surface area (Å²) in [6.45, 7) is 1.26. The van der Waals surface area contributed by atoms with Crippen LogP contribution in [0.25, 0.3) is 0 Å². The molecule has 0 fully saturated rings. The van der Waals surface area contributed by atoms with Crippen molar-refractivity contribution < 1.29 is 4.74 Å². The van der Waals surface area contributed by atoms with Gasteiger partial charge in [0.25, 0.3) is 0 Å². The summed E-state index contributed by atoms with van der Waals surface area (Å²) in [5.74, 6) is 0. The maximum atomic E-state index is 6.27. The van der Waals surface area contributed by atoms with Crippen molar-refractivity contribution in [2.45, 2.75) is 12.6 Å². The van der Waals surface area contributed by atoms with Crippen LogP contribution in [0.15, 0.2) is 30.7 Å². The molecule has 1 N–H and O–H groups in total. The Bertz CT molecular complexity index is 515.